The van der Waals surface area contributed by atoms with Crippen LogP contribution in [0.25, 0.3) is 0 Å². The van der Waals surface area contributed by atoms with E-state index < -0.39 is 12.0 Å². The summed E-state index contributed by atoms with van der Waals surface area (Å²) in [5, 5.41) is 18.3. The van der Waals surface area contributed by atoms with Crippen LogP contribution in [0.4, 0.5) is 0 Å². The van der Waals surface area contributed by atoms with Gasteiger partial charge in [0.25, 0.3) is 0 Å². The van der Waals surface area contributed by atoms with Crippen molar-refractivity contribution in [3.05, 3.63) is 0 Å². The van der Waals surface area contributed by atoms with Gasteiger partial charge in [-0.1, -0.05) is 0 Å². The number of aliphatic hydroxyl groups is 1. The Morgan fingerprint density at radius 3 is 2.38 bits per heavy atom. The van der Waals surface area contributed by atoms with Crippen LogP contribution < -0.4 is 0 Å². The van der Waals surface area contributed by atoms with Gasteiger partial charge in [-0.05, 0) is 25.2 Å². The number of carboxylic acid groups (broad SMARTS) is 1. The molecule has 3 rings (SSSR count). The molecule has 0 amide bonds. The molecule has 4 atom stereocenters. The maximum atomic E-state index is 10.7. The van der Waals surface area contributed by atoms with Crippen LogP contribution in [0.2, 0.25) is 0 Å². The van der Waals surface area contributed by atoms with Gasteiger partial charge >= 0.3 is 5.97 Å². The van der Waals surface area contributed by atoms with E-state index >= 15 is 0 Å². The number of carboxylic acids is 1. The van der Waals surface area contributed by atoms with Crippen LogP contribution in [0.1, 0.15) is 13.3 Å². The molecule has 74 valence electrons. The minimum Gasteiger partial charge on any atom is -0.480 e. The highest BCUT2D eigenvalue weighted by atomic mass is 16.4. The fourth-order valence-corrected chi connectivity index (χ4v) is 2.37. The Hall–Kier alpha value is -0.610. The molecule has 2 bridgehead atoms. The van der Waals surface area contributed by atoms with Crippen molar-refractivity contribution in [1.82, 2.24) is 4.90 Å². The monoisotopic (exact) mass is 185 g/mol. The lowest BCUT2D eigenvalue weighted by molar-refractivity contribution is -0.153. The van der Waals surface area contributed by atoms with Crippen molar-refractivity contribution in [3.63, 3.8) is 0 Å². The third kappa shape index (κ3) is 1.34. The van der Waals surface area contributed by atoms with Gasteiger partial charge in [0.15, 0.2) is 0 Å². The molecule has 13 heavy (non-hydrogen) atoms. The first-order chi connectivity index (χ1) is 6.09. The summed E-state index contributed by atoms with van der Waals surface area (Å²) < 4.78 is 0. The van der Waals surface area contributed by atoms with Crippen LogP contribution >= 0.6 is 0 Å². The van der Waals surface area contributed by atoms with Crippen molar-refractivity contribution in [2.24, 2.45) is 11.8 Å². The molecule has 4 nitrogen and oxygen atoms in total. The largest absolute Gasteiger partial charge is 0.480 e. The third-order valence-corrected chi connectivity index (χ3v) is 3.41. The SMILES string of the molecule is C[C@H](C(=O)O)N1C[C@H]2C[C@@H](C1)C2O. The summed E-state index contributed by atoms with van der Waals surface area (Å²) >= 11 is 0. The van der Waals surface area contributed by atoms with E-state index in [1.807, 2.05) is 4.90 Å². The van der Waals surface area contributed by atoms with Crippen LogP contribution in [-0.2, 0) is 4.79 Å². The quantitative estimate of drug-likeness (QED) is 0.624. The molecule has 2 aliphatic heterocycles. The van der Waals surface area contributed by atoms with Gasteiger partial charge in [0, 0.05) is 13.1 Å². The van der Waals surface area contributed by atoms with E-state index in [0.717, 1.165) is 19.5 Å². The third-order valence-electron chi connectivity index (χ3n) is 3.41. The minimum absolute atomic E-state index is 0.169. The Labute approximate surface area is 77.2 Å². The summed E-state index contributed by atoms with van der Waals surface area (Å²) in [7, 11) is 0. The number of rotatable bonds is 2. The maximum absolute atomic E-state index is 10.7. The van der Waals surface area contributed by atoms with E-state index in [9.17, 15) is 9.90 Å². The summed E-state index contributed by atoms with van der Waals surface area (Å²) in [6, 6.07) is -0.405. The van der Waals surface area contributed by atoms with Crippen LogP contribution in [0.3, 0.4) is 0 Å². The molecular formula is C9H15NO3. The number of carbonyl (C=O) groups is 1. The second-order valence-electron chi connectivity index (χ2n) is 4.21. The molecule has 0 aromatic rings. The van der Waals surface area contributed by atoms with Crippen molar-refractivity contribution in [1.29, 1.82) is 0 Å². The van der Waals surface area contributed by atoms with Crippen molar-refractivity contribution < 1.29 is 15.0 Å². The standard InChI is InChI=1S/C9H15NO3/c1-5(9(12)13)10-3-6-2-7(4-10)8(6)11/h5-8,11H,2-4H2,1H3,(H,12,13)/t5-,6-,7+,8?/m1/s1. The molecule has 0 aromatic heterocycles. The molecule has 2 N–H and O–H groups in total. The first kappa shape index (κ1) is 8.97. The van der Waals surface area contributed by atoms with Crippen LogP contribution in [0, 0.1) is 11.8 Å². The summed E-state index contributed by atoms with van der Waals surface area (Å²) in [6.07, 6.45) is 0.904. The lowest BCUT2D eigenvalue weighted by Crippen LogP contribution is -2.61. The van der Waals surface area contributed by atoms with E-state index in [0.29, 0.717) is 11.8 Å². The maximum Gasteiger partial charge on any atom is 0.320 e. The summed E-state index contributed by atoms with van der Waals surface area (Å²) in [5.74, 6) is -0.128. The average molecular weight is 185 g/mol. The predicted octanol–water partition coefficient (Wildman–Crippen LogP) is -0.228. The van der Waals surface area contributed by atoms with Gasteiger partial charge < -0.3 is 10.2 Å². The molecular weight excluding hydrogens is 170 g/mol. The molecule has 2 heterocycles. The molecule has 0 spiro atoms. The molecule has 1 unspecified atom stereocenters. The number of nitrogens with zero attached hydrogens (tertiary/aromatic N) is 1. The fourth-order valence-electron chi connectivity index (χ4n) is 2.37. The van der Waals surface area contributed by atoms with Crippen molar-refractivity contribution >= 4 is 5.97 Å². The zero-order valence-electron chi connectivity index (χ0n) is 7.68. The molecule has 0 aromatic carbocycles. The topological polar surface area (TPSA) is 60.8 Å². The Bertz CT molecular complexity index is 219. The second-order valence-corrected chi connectivity index (χ2v) is 4.21. The first-order valence-corrected chi connectivity index (χ1v) is 4.74. The van der Waals surface area contributed by atoms with E-state index in [1.54, 1.807) is 6.92 Å². The Morgan fingerprint density at radius 2 is 2.00 bits per heavy atom. The van der Waals surface area contributed by atoms with Crippen molar-refractivity contribution in [3.8, 4) is 0 Å². The number of hydrogen-bond acceptors (Lipinski definition) is 3. The Morgan fingerprint density at radius 1 is 1.46 bits per heavy atom. The highest BCUT2D eigenvalue weighted by Crippen LogP contribution is 2.40. The van der Waals surface area contributed by atoms with Gasteiger partial charge in [0.2, 0.25) is 0 Å². The van der Waals surface area contributed by atoms with E-state index in [1.165, 1.54) is 0 Å². The Kier molecular flexibility index (Phi) is 2.04. The van der Waals surface area contributed by atoms with E-state index in [-0.39, 0.29) is 6.10 Å². The molecule has 2 saturated heterocycles. The molecule has 3 fully saturated rings. The highest BCUT2D eigenvalue weighted by Gasteiger charge is 2.47. The van der Waals surface area contributed by atoms with Crippen LogP contribution in [0.5, 0.6) is 0 Å². The number of hydrogen-bond donors (Lipinski definition) is 2. The first-order valence-electron chi connectivity index (χ1n) is 4.74. The highest BCUT2D eigenvalue weighted by molar-refractivity contribution is 5.72. The van der Waals surface area contributed by atoms with Crippen LogP contribution in [-0.4, -0.2) is 46.3 Å². The van der Waals surface area contributed by atoms with Crippen LogP contribution in [0.15, 0.2) is 0 Å². The summed E-state index contributed by atoms with van der Waals surface area (Å²) in [5.41, 5.74) is 0. The summed E-state index contributed by atoms with van der Waals surface area (Å²) in [4.78, 5) is 12.6. The van der Waals surface area contributed by atoms with E-state index in [2.05, 4.69) is 0 Å². The van der Waals surface area contributed by atoms with Gasteiger partial charge in [0.1, 0.15) is 6.04 Å². The minimum atomic E-state index is -0.768. The predicted molar refractivity (Wildman–Crippen MR) is 46.3 cm³/mol. The van der Waals surface area contributed by atoms with Crippen molar-refractivity contribution in [2.45, 2.75) is 25.5 Å². The van der Waals surface area contributed by atoms with Gasteiger partial charge in [-0.2, -0.15) is 0 Å². The smallest absolute Gasteiger partial charge is 0.320 e. The second kappa shape index (κ2) is 2.96. The lowest BCUT2D eigenvalue weighted by Gasteiger charge is -2.52. The summed E-state index contributed by atoms with van der Waals surface area (Å²) in [6.45, 7) is 3.19. The van der Waals surface area contributed by atoms with E-state index in [4.69, 9.17) is 5.11 Å². The Balaban J connectivity index is 1.95. The van der Waals surface area contributed by atoms with Gasteiger partial charge in [-0.25, -0.2) is 0 Å². The zero-order chi connectivity index (χ0) is 9.59. The molecule has 3 aliphatic rings. The average Bonchev–Trinajstić information content (AvgIpc) is 2.15. The molecule has 0 radical (unpaired) electrons. The fraction of sp³-hybridized carbons (Fsp3) is 0.889. The number of aliphatic carboxylic acids is 1. The number of aliphatic hydroxyl groups excluding tert-OH is 1. The van der Waals surface area contributed by atoms with Gasteiger partial charge in [0.05, 0.1) is 6.10 Å². The van der Waals surface area contributed by atoms with Gasteiger partial charge in [-0.3, -0.25) is 9.69 Å². The van der Waals surface area contributed by atoms with Crippen molar-refractivity contribution in [2.75, 3.05) is 13.1 Å². The number of piperidine rings is 2. The zero-order valence-corrected chi connectivity index (χ0v) is 7.68. The molecule has 1 aliphatic carbocycles. The molecule has 1 saturated carbocycles. The molecule has 4 heteroatoms. The lowest BCUT2D eigenvalue weighted by atomic mass is 9.68. The normalized spacial score (nSPS) is 40.9. The number of fused-ring (bicyclic) bond motifs is 2. The van der Waals surface area contributed by atoms with Gasteiger partial charge in [-0.15, -0.1) is 0 Å².